The molecule has 0 atom stereocenters. The third-order valence-corrected chi connectivity index (χ3v) is 6.97. The Balaban J connectivity index is 1.41. The smallest absolute Gasteiger partial charge is 0.416 e. The van der Waals surface area contributed by atoms with Crippen LogP contribution in [0.5, 0.6) is 0 Å². The van der Waals surface area contributed by atoms with Gasteiger partial charge in [0.05, 0.1) is 18.6 Å². The summed E-state index contributed by atoms with van der Waals surface area (Å²) in [5.74, 6) is -4.44. The summed E-state index contributed by atoms with van der Waals surface area (Å²) >= 11 is 0. The van der Waals surface area contributed by atoms with E-state index in [0.29, 0.717) is 22.4 Å². The van der Waals surface area contributed by atoms with Crippen molar-refractivity contribution in [3.05, 3.63) is 125 Å². The molecule has 44 heavy (non-hydrogen) atoms. The third-order valence-electron chi connectivity index (χ3n) is 6.97. The van der Waals surface area contributed by atoms with E-state index >= 15 is 0 Å². The Morgan fingerprint density at radius 2 is 1.36 bits per heavy atom. The number of ether oxygens (including phenoxy) is 1. The Labute approximate surface area is 249 Å². The molecule has 0 unspecified atom stereocenters. The highest BCUT2D eigenvalue weighted by Gasteiger charge is 2.48. The van der Waals surface area contributed by atoms with Crippen LogP contribution in [0.25, 0.3) is 11.1 Å². The second-order valence-electron chi connectivity index (χ2n) is 9.80. The number of carboxylic acids is 2. The molecular formula is C33H26F3NO7. The fraction of sp³-hybridized carbons (Fsp3) is 0.152. The molecule has 226 valence electrons. The molecular weight excluding hydrogens is 579 g/mol. The number of benzene rings is 4. The van der Waals surface area contributed by atoms with Crippen molar-refractivity contribution in [2.45, 2.75) is 24.4 Å². The van der Waals surface area contributed by atoms with Gasteiger partial charge < -0.3 is 20.3 Å². The standard InChI is InChI=1S/C33H26F3NO7/c34-33(35,36)24-15-13-22(14-16-24)26-11-4-5-12-27(26)29(39)37-25-10-6-7-21(19-25)20-28(38)44-18-17-32(30(40)41,31(42)43)23-8-2-1-3-9-23/h1-16,19H,17-18,20H2,(H,37,39)(H,40,41)(H,42,43). The van der Waals surface area contributed by atoms with Gasteiger partial charge in [-0.15, -0.1) is 0 Å². The molecule has 0 bridgehead atoms. The molecule has 0 aliphatic carbocycles. The lowest BCUT2D eigenvalue weighted by Gasteiger charge is -2.25. The molecule has 0 radical (unpaired) electrons. The van der Waals surface area contributed by atoms with E-state index in [1.807, 2.05) is 0 Å². The minimum Gasteiger partial charge on any atom is -0.480 e. The summed E-state index contributed by atoms with van der Waals surface area (Å²) in [6.07, 6.45) is -5.23. The van der Waals surface area contributed by atoms with Gasteiger partial charge in [0.2, 0.25) is 0 Å². The molecule has 0 heterocycles. The summed E-state index contributed by atoms with van der Waals surface area (Å²) in [4.78, 5) is 49.7. The summed E-state index contributed by atoms with van der Waals surface area (Å²) < 4.78 is 44.1. The second-order valence-corrected chi connectivity index (χ2v) is 9.80. The van der Waals surface area contributed by atoms with Crippen LogP contribution >= 0.6 is 0 Å². The third kappa shape index (κ3) is 7.12. The van der Waals surface area contributed by atoms with E-state index in [1.54, 1.807) is 42.5 Å². The van der Waals surface area contributed by atoms with E-state index in [2.05, 4.69) is 5.32 Å². The van der Waals surface area contributed by atoms with Crippen LogP contribution in [0.3, 0.4) is 0 Å². The maximum Gasteiger partial charge on any atom is 0.416 e. The number of carboxylic acid groups (broad SMARTS) is 2. The molecule has 11 heteroatoms. The molecule has 0 aromatic heterocycles. The monoisotopic (exact) mass is 605 g/mol. The zero-order valence-electron chi connectivity index (χ0n) is 23.0. The van der Waals surface area contributed by atoms with Crippen LogP contribution in [0, 0.1) is 0 Å². The lowest BCUT2D eigenvalue weighted by Crippen LogP contribution is -2.45. The minimum absolute atomic E-state index is 0.0411. The maximum absolute atomic E-state index is 13.2. The Kier molecular flexibility index (Phi) is 9.47. The summed E-state index contributed by atoms with van der Waals surface area (Å²) in [5.41, 5.74) is -1.22. The van der Waals surface area contributed by atoms with Crippen molar-refractivity contribution in [1.82, 2.24) is 0 Å². The van der Waals surface area contributed by atoms with Gasteiger partial charge in [0, 0.05) is 17.7 Å². The normalized spacial score (nSPS) is 11.4. The van der Waals surface area contributed by atoms with E-state index < -0.39 is 54.0 Å². The number of alkyl halides is 3. The predicted octanol–water partition coefficient (Wildman–Crippen LogP) is 6.21. The number of carbonyl (C=O) groups is 4. The van der Waals surface area contributed by atoms with Gasteiger partial charge >= 0.3 is 24.1 Å². The van der Waals surface area contributed by atoms with Crippen molar-refractivity contribution in [3.63, 3.8) is 0 Å². The van der Waals surface area contributed by atoms with Crippen molar-refractivity contribution in [1.29, 1.82) is 0 Å². The zero-order valence-corrected chi connectivity index (χ0v) is 23.0. The lowest BCUT2D eigenvalue weighted by atomic mass is 9.78. The lowest BCUT2D eigenvalue weighted by molar-refractivity contribution is -0.160. The SMILES string of the molecule is O=C(Cc1cccc(NC(=O)c2ccccc2-c2ccc(C(F)(F)F)cc2)c1)OCCC(C(=O)O)(C(=O)O)c1ccccc1. The van der Waals surface area contributed by atoms with Crippen molar-refractivity contribution >= 4 is 29.5 Å². The average Bonchev–Trinajstić information content (AvgIpc) is 2.99. The number of hydrogen-bond donors (Lipinski definition) is 3. The molecule has 1 amide bonds. The number of esters is 1. The van der Waals surface area contributed by atoms with Gasteiger partial charge in [-0.25, -0.2) is 0 Å². The van der Waals surface area contributed by atoms with Crippen LogP contribution in [0.15, 0.2) is 103 Å². The van der Waals surface area contributed by atoms with Gasteiger partial charge in [-0.2, -0.15) is 13.2 Å². The Morgan fingerprint density at radius 1 is 0.727 bits per heavy atom. The maximum atomic E-state index is 13.2. The molecule has 3 N–H and O–H groups in total. The Bertz CT molecular complexity index is 1660. The van der Waals surface area contributed by atoms with Crippen LogP contribution in [-0.4, -0.2) is 40.6 Å². The van der Waals surface area contributed by atoms with E-state index in [0.717, 1.165) is 12.1 Å². The first-order valence-corrected chi connectivity index (χ1v) is 13.3. The molecule has 0 spiro atoms. The fourth-order valence-corrected chi connectivity index (χ4v) is 4.68. The van der Waals surface area contributed by atoms with E-state index in [-0.39, 0.29) is 17.5 Å². The van der Waals surface area contributed by atoms with Crippen molar-refractivity contribution in [2.75, 3.05) is 11.9 Å². The highest BCUT2D eigenvalue weighted by atomic mass is 19.4. The number of hydrogen-bond acceptors (Lipinski definition) is 5. The first-order valence-electron chi connectivity index (χ1n) is 13.3. The molecule has 0 aliphatic heterocycles. The van der Waals surface area contributed by atoms with E-state index in [1.165, 1.54) is 48.5 Å². The largest absolute Gasteiger partial charge is 0.480 e. The van der Waals surface area contributed by atoms with Crippen LogP contribution in [0.4, 0.5) is 18.9 Å². The number of amides is 1. The molecule has 4 aromatic rings. The quantitative estimate of drug-likeness (QED) is 0.137. The Hall–Kier alpha value is -5.45. The fourth-order valence-electron chi connectivity index (χ4n) is 4.68. The van der Waals surface area contributed by atoms with E-state index in [9.17, 15) is 42.6 Å². The molecule has 4 rings (SSSR count). The number of aliphatic carboxylic acids is 2. The number of rotatable bonds is 11. The van der Waals surface area contributed by atoms with Crippen molar-refractivity contribution in [3.8, 4) is 11.1 Å². The van der Waals surface area contributed by atoms with Crippen LogP contribution in [0.2, 0.25) is 0 Å². The molecule has 0 aliphatic rings. The number of anilines is 1. The highest BCUT2D eigenvalue weighted by Crippen LogP contribution is 2.32. The molecule has 0 saturated heterocycles. The second kappa shape index (κ2) is 13.2. The van der Waals surface area contributed by atoms with Crippen LogP contribution in [0.1, 0.15) is 33.5 Å². The minimum atomic E-state index is -4.49. The van der Waals surface area contributed by atoms with E-state index in [4.69, 9.17) is 4.74 Å². The van der Waals surface area contributed by atoms with Gasteiger partial charge in [-0.3, -0.25) is 19.2 Å². The molecule has 0 saturated carbocycles. The zero-order chi connectivity index (χ0) is 31.9. The predicted molar refractivity (Wildman–Crippen MR) is 154 cm³/mol. The molecule has 0 fully saturated rings. The van der Waals surface area contributed by atoms with Gasteiger partial charge in [-0.05, 0) is 52.6 Å². The first kappa shape index (κ1) is 31.5. The molecule has 4 aromatic carbocycles. The summed E-state index contributed by atoms with van der Waals surface area (Å²) in [5, 5.41) is 22.2. The topological polar surface area (TPSA) is 130 Å². The number of halogens is 3. The van der Waals surface area contributed by atoms with Crippen molar-refractivity contribution in [2.24, 2.45) is 0 Å². The first-order chi connectivity index (χ1) is 20.9. The van der Waals surface area contributed by atoms with Gasteiger partial charge in [0.1, 0.15) is 0 Å². The van der Waals surface area contributed by atoms with Gasteiger partial charge in [-0.1, -0.05) is 72.8 Å². The van der Waals surface area contributed by atoms with Crippen LogP contribution in [-0.2, 0) is 37.1 Å². The summed E-state index contributed by atoms with van der Waals surface area (Å²) in [7, 11) is 0. The summed E-state index contributed by atoms with van der Waals surface area (Å²) in [6, 6.07) is 24.6. The van der Waals surface area contributed by atoms with Crippen LogP contribution < -0.4 is 5.32 Å². The number of nitrogens with one attached hydrogen (secondary N) is 1. The average molecular weight is 606 g/mol. The highest BCUT2D eigenvalue weighted by molar-refractivity contribution is 6.08. The Morgan fingerprint density at radius 3 is 2.00 bits per heavy atom. The summed E-state index contributed by atoms with van der Waals surface area (Å²) in [6.45, 7) is -0.469. The molecule has 8 nitrogen and oxygen atoms in total. The van der Waals surface area contributed by atoms with Gasteiger partial charge in [0.15, 0.2) is 5.41 Å². The van der Waals surface area contributed by atoms with Gasteiger partial charge in [0.25, 0.3) is 5.91 Å². The van der Waals surface area contributed by atoms with Crippen molar-refractivity contribution < 1.29 is 47.3 Å². The number of carbonyl (C=O) groups excluding carboxylic acids is 2.